The van der Waals surface area contributed by atoms with Crippen LogP contribution in [-0.2, 0) is 9.53 Å². The molecular formula is C28H29NO7. The van der Waals surface area contributed by atoms with Crippen molar-refractivity contribution in [2.45, 2.75) is 25.0 Å². The van der Waals surface area contributed by atoms with Gasteiger partial charge in [-0.15, -0.1) is 0 Å². The summed E-state index contributed by atoms with van der Waals surface area (Å²) in [6.45, 7) is -0.121. The Kier molecular flexibility index (Phi) is 10.4. The molecule has 2 atom stereocenters. The lowest BCUT2D eigenvalue weighted by Crippen LogP contribution is -2.31. The lowest BCUT2D eigenvalue weighted by Gasteiger charge is -2.29. The van der Waals surface area contributed by atoms with Crippen LogP contribution in [-0.4, -0.2) is 41.6 Å². The molecule has 0 heterocycles. The summed E-state index contributed by atoms with van der Waals surface area (Å²) in [5.41, 5.74) is 1.12. The minimum atomic E-state index is -1.05. The number of ether oxygens (including phenoxy) is 3. The maximum Gasteiger partial charge on any atom is 0.412 e. The smallest absolute Gasteiger partial charge is 0.412 e. The zero-order valence-corrected chi connectivity index (χ0v) is 19.7. The van der Waals surface area contributed by atoms with Crippen LogP contribution in [0.15, 0.2) is 97.1 Å². The fourth-order valence-corrected chi connectivity index (χ4v) is 3.52. The number of aliphatic hydroxyl groups is 1. The summed E-state index contributed by atoms with van der Waals surface area (Å²) in [6, 6.07) is 25.0. The molecule has 0 aliphatic heterocycles. The van der Waals surface area contributed by atoms with Gasteiger partial charge in [0.05, 0.1) is 6.61 Å². The van der Waals surface area contributed by atoms with E-state index < -0.39 is 24.3 Å². The largest absolute Gasteiger partial charge is 0.491 e. The molecule has 0 bridgehead atoms. The fourth-order valence-electron chi connectivity index (χ4n) is 3.52. The molecule has 8 heteroatoms. The molecular weight excluding hydrogens is 462 g/mol. The standard InChI is InChI=1S/C28H29NO7/c30-19-20-34-24-16-8-7-15-23(24)27(36-28(33)29-21-11-3-1-4-12-21)25(17-9-10-18-26(31)32)35-22-13-5-2-6-14-22/h1-8,10-16,18,25,27,30H,9,17,19-20H2,(H,29,33)(H,31,32)/b18-10+/t25-,27-/m0/s1. The number of hydrogen-bond donors (Lipinski definition) is 3. The van der Waals surface area contributed by atoms with Crippen molar-refractivity contribution >= 4 is 17.7 Å². The van der Waals surface area contributed by atoms with Crippen molar-refractivity contribution in [2.75, 3.05) is 18.5 Å². The van der Waals surface area contributed by atoms with Crippen LogP contribution in [0.4, 0.5) is 10.5 Å². The van der Waals surface area contributed by atoms with Gasteiger partial charge in [-0.05, 0) is 43.2 Å². The van der Waals surface area contributed by atoms with Crippen molar-refractivity contribution in [2.24, 2.45) is 0 Å². The van der Waals surface area contributed by atoms with Gasteiger partial charge in [0, 0.05) is 17.3 Å². The molecule has 0 aliphatic rings. The maximum atomic E-state index is 12.9. The number of carboxylic acid groups (broad SMARTS) is 1. The van der Waals surface area contributed by atoms with Crippen LogP contribution < -0.4 is 14.8 Å². The molecule has 0 aromatic heterocycles. The number of allylic oxidation sites excluding steroid dienone is 1. The van der Waals surface area contributed by atoms with Crippen molar-refractivity contribution in [3.63, 3.8) is 0 Å². The van der Waals surface area contributed by atoms with E-state index in [9.17, 15) is 14.7 Å². The van der Waals surface area contributed by atoms with Crippen LogP contribution in [0.25, 0.3) is 0 Å². The molecule has 0 saturated heterocycles. The molecule has 8 nitrogen and oxygen atoms in total. The molecule has 0 fully saturated rings. The van der Waals surface area contributed by atoms with Crippen molar-refractivity contribution in [1.29, 1.82) is 0 Å². The zero-order chi connectivity index (χ0) is 25.6. The number of nitrogens with one attached hydrogen (secondary N) is 1. The predicted molar refractivity (Wildman–Crippen MR) is 135 cm³/mol. The van der Waals surface area contributed by atoms with Crippen LogP contribution in [0, 0.1) is 0 Å². The average Bonchev–Trinajstić information content (AvgIpc) is 2.89. The van der Waals surface area contributed by atoms with Gasteiger partial charge < -0.3 is 24.4 Å². The normalized spacial score (nSPS) is 12.5. The molecule has 0 aliphatic carbocycles. The van der Waals surface area contributed by atoms with Gasteiger partial charge in [-0.2, -0.15) is 0 Å². The first-order chi connectivity index (χ1) is 17.6. The molecule has 0 spiro atoms. The first kappa shape index (κ1) is 26.3. The van der Waals surface area contributed by atoms with E-state index in [1.54, 1.807) is 60.7 Å². The van der Waals surface area contributed by atoms with Crippen molar-refractivity contribution in [3.8, 4) is 11.5 Å². The van der Waals surface area contributed by atoms with E-state index in [4.69, 9.17) is 19.3 Å². The predicted octanol–water partition coefficient (Wildman–Crippen LogP) is 5.22. The van der Waals surface area contributed by atoms with Gasteiger partial charge in [0.15, 0.2) is 6.10 Å². The quantitative estimate of drug-likeness (QED) is 0.281. The van der Waals surface area contributed by atoms with Gasteiger partial charge in [-0.25, -0.2) is 9.59 Å². The van der Waals surface area contributed by atoms with E-state index in [0.29, 0.717) is 35.6 Å². The lowest BCUT2D eigenvalue weighted by molar-refractivity contribution is -0.131. The van der Waals surface area contributed by atoms with E-state index in [2.05, 4.69) is 5.32 Å². The van der Waals surface area contributed by atoms with Crippen molar-refractivity contribution in [1.82, 2.24) is 0 Å². The molecule has 188 valence electrons. The first-order valence-electron chi connectivity index (χ1n) is 11.5. The Morgan fingerprint density at radius 2 is 1.58 bits per heavy atom. The number of carbonyl (C=O) groups excluding carboxylic acids is 1. The monoisotopic (exact) mass is 491 g/mol. The number of carboxylic acids is 1. The SMILES string of the molecule is O=C(O)/C=C/CC[C@H](Oc1ccccc1)[C@@H](OC(=O)Nc1ccccc1)c1ccccc1OCCO. The van der Waals surface area contributed by atoms with Crippen molar-refractivity contribution < 1.29 is 34.0 Å². The summed E-state index contributed by atoms with van der Waals surface area (Å²) in [5.74, 6) is -0.0457. The number of aliphatic hydroxyl groups excluding tert-OH is 1. The molecule has 3 aromatic rings. The van der Waals surface area contributed by atoms with Gasteiger partial charge in [0.2, 0.25) is 0 Å². The fraction of sp³-hybridized carbons (Fsp3) is 0.214. The first-order valence-corrected chi connectivity index (χ1v) is 11.5. The Bertz CT molecular complexity index is 1120. The summed E-state index contributed by atoms with van der Waals surface area (Å²) in [5, 5.41) is 20.9. The number of carbonyl (C=O) groups is 2. The highest BCUT2D eigenvalue weighted by Gasteiger charge is 2.31. The summed E-state index contributed by atoms with van der Waals surface area (Å²) in [4.78, 5) is 23.9. The van der Waals surface area contributed by atoms with Crippen molar-refractivity contribution in [3.05, 3.63) is 103 Å². The van der Waals surface area contributed by atoms with E-state index in [0.717, 1.165) is 6.08 Å². The Balaban J connectivity index is 1.94. The molecule has 1 amide bonds. The van der Waals surface area contributed by atoms with Crippen LogP contribution in [0.1, 0.15) is 24.5 Å². The van der Waals surface area contributed by atoms with E-state index in [-0.39, 0.29) is 13.2 Å². The molecule has 3 rings (SSSR count). The highest BCUT2D eigenvalue weighted by Crippen LogP contribution is 2.34. The van der Waals surface area contributed by atoms with Crippen LogP contribution in [0.2, 0.25) is 0 Å². The molecule has 36 heavy (non-hydrogen) atoms. The van der Waals surface area contributed by atoms with E-state index >= 15 is 0 Å². The zero-order valence-electron chi connectivity index (χ0n) is 19.7. The number of anilines is 1. The third-order valence-electron chi connectivity index (χ3n) is 5.08. The number of benzene rings is 3. The molecule has 0 saturated carbocycles. The number of rotatable bonds is 13. The Morgan fingerprint density at radius 1 is 0.917 bits per heavy atom. The van der Waals surface area contributed by atoms with E-state index in [1.165, 1.54) is 6.08 Å². The maximum absolute atomic E-state index is 12.9. The topological polar surface area (TPSA) is 114 Å². The Labute approximate surface area is 209 Å². The van der Waals surface area contributed by atoms with Gasteiger partial charge >= 0.3 is 12.1 Å². The highest BCUT2D eigenvalue weighted by molar-refractivity contribution is 5.84. The highest BCUT2D eigenvalue weighted by atomic mass is 16.6. The summed E-state index contributed by atoms with van der Waals surface area (Å²) >= 11 is 0. The van der Waals surface area contributed by atoms with Crippen LogP contribution >= 0.6 is 0 Å². The minimum Gasteiger partial charge on any atom is -0.491 e. The second-order valence-corrected chi connectivity index (χ2v) is 7.71. The second kappa shape index (κ2) is 14.2. The second-order valence-electron chi connectivity index (χ2n) is 7.71. The van der Waals surface area contributed by atoms with Gasteiger partial charge in [0.25, 0.3) is 0 Å². The summed E-state index contributed by atoms with van der Waals surface area (Å²) in [7, 11) is 0. The van der Waals surface area contributed by atoms with E-state index in [1.807, 2.05) is 24.3 Å². The Morgan fingerprint density at radius 3 is 2.28 bits per heavy atom. The third kappa shape index (κ3) is 8.48. The van der Waals surface area contributed by atoms with Gasteiger partial charge in [-0.3, -0.25) is 5.32 Å². The van der Waals surface area contributed by atoms with Gasteiger partial charge in [-0.1, -0.05) is 60.7 Å². The molecule has 3 N–H and O–H groups in total. The summed E-state index contributed by atoms with van der Waals surface area (Å²) < 4.78 is 17.9. The number of amides is 1. The molecule has 0 unspecified atom stereocenters. The van der Waals surface area contributed by atoms with Gasteiger partial charge in [0.1, 0.15) is 24.2 Å². The van der Waals surface area contributed by atoms with Crippen LogP contribution in [0.5, 0.6) is 11.5 Å². The average molecular weight is 492 g/mol. The molecule has 3 aromatic carbocycles. The third-order valence-corrected chi connectivity index (χ3v) is 5.08. The minimum absolute atomic E-state index is 0.0610. The van der Waals surface area contributed by atoms with Crippen LogP contribution in [0.3, 0.4) is 0 Å². The Hall–Kier alpha value is -4.30. The number of hydrogen-bond acceptors (Lipinski definition) is 6. The number of para-hydroxylation sites is 3. The number of aliphatic carboxylic acids is 1. The summed E-state index contributed by atoms with van der Waals surface area (Å²) in [6.07, 6.45) is 1.01. The lowest BCUT2D eigenvalue weighted by atomic mass is 9.99. The molecule has 0 radical (unpaired) electrons.